The van der Waals surface area contributed by atoms with E-state index in [4.69, 9.17) is 5.73 Å². The molecule has 3 heteroatoms. The molecule has 0 saturated heterocycles. The van der Waals surface area contributed by atoms with E-state index in [1.165, 1.54) is 11.1 Å². The van der Waals surface area contributed by atoms with Crippen molar-refractivity contribution in [2.45, 2.75) is 25.9 Å². The molecule has 0 aliphatic carbocycles. The largest absolute Gasteiger partial charge is 0.394 e. The van der Waals surface area contributed by atoms with Crippen LogP contribution in [0.5, 0.6) is 0 Å². The van der Waals surface area contributed by atoms with Crippen LogP contribution in [0.3, 0.4) is 0 Å². The predicted molar refractivity (Wildman–Crippen MR) is 65.1 cm³/mol. The average Bonchev–Trinajstić information content (AvgIpc) is 2.36. The standard InChI is InChI=1S/C13H20N2O/c1-2-15-7-6-10-4-3-5-11(12(10)8-15)13(14)9-16/h3-5,13,16H,2,6-9,14H2,1H3. The van der Waals surface area contributed by atoms with Gasteiger partial charge in [0.1, 0.15) is 0 Å². The summed E-state index contributed by atoms with van der Waals surface area (Å²) >= 11 is 0. The highest BCUT2D eigenvalue weighted by molar-refractivity contribution is 5.38. The normalized spacial score (nSPS) is 18.2. The first-order valence-corrected chi connectivity index (χ1v) is 5.95. The van der Waals surface area contributed by atoms with E-state index >= 15 is 0 Å². The van der Waals surface area contributed by atoms with E-state index in [2.05, 4.69) is 17.9 Å². The molecule has 0 fully saturated rings. The van der Waals surface area contributed by atoms with Crippen molar-refractivity contribution < 1.29 is 5.11 Å². The van der Waals surface area contributed by atoms with Crippen molar-refractivity contribution in [3.8, 4) is 0 Å². The fraction of sp³-hybridized carbons (Fsp3) is 0.538. The van der Waals surface area contributed by atoms with Gasteiger partial charge < -0.3 is 10.8 Å². The maximum Gasteiger partial charge on any atom is 0.0624 e. The Morgan fingerprint density at radius 3 is 3.00 bits per heavy atom. The van der Waals surface area contributed by atoms with Gasteiger partial charge in [-0.2, -0.15) is 0 Å². The number of rotatable bonds is 3. The summed E-state index contributed by atoms with van der Waals surface area (Å²) in [6.45, 7) is 5.36. The molecule has 0 aromatic heterocycles. The summed E-state index contributed by atoms with van der Waals surface area (Å²) in [6, 6.07) is 6.02. The van der Waals surface area contributed by atoms with Crippen LogP contribution in [-0.2, 0) is 13.0 Å². The van der Waals surface area contributed by atoms with E-state index in [-0.39, 0.29) is 12.6 Å². The summed E-state index contributed by atoms with van der Waals surface area (Å²) in [6.07, 6.45) is 1.09. The zero-order valence-electron chi connectivity index (χ0n) is 9.82. The number of benzene rings is 1. The number of nitrogens with zero attached hydrogens (tertiary/aromatic N) is 1. The molecule has 88 valence electrons. The van der Waals surface area contributed by atoms with Crippen LogP contribution >= 0.6 is 0 Å². The summed E-state index contributed by atoms with van der Waals surface area (Å²) in [7, 11) is 0. The lowest BCUT2D eigenvalue weighted by molar-refractivity contribution is 0.254. The van der Waals surface area contributed by atoms with E-state index in [9.17, 15) is 5.11 Å². The van der Waals surface area contributed by atoms with Gasteiger partial charge in [0.15, 0.2) is 0 Å². The zero-order chi connectivity index (χ0) is 11.5. The van der Waals surface area contributed by atoms with Gasteiger partial charge in [-0.05, 0) is 29.7 Å². The summed E-state index contributed by atoms with van der Waals surface area (Å²) < 4.78 is 0. The molecule has 1 aliphatic rings. The minimum atomic E-state index is -0.244. The van der Waals surface area contributed by atoms with Crippen LogP contribution in [0, 0.1) is 0 Å². The lowest BCUT2D eigenvalue weighted by Crippen LogP contribution is -2.32. The van der Waals surface area contributed by atoms with E-state index in [1.807, 2.05) is 12.1 Å². The molecular formula is C13H20N2O. The second-order valence-electron chi connectivity index (χ2n) is 4.39. The Bertz CT molecular complexity index is 365. The van der Waals surface area contributed by atoms with E-state index in [0.717, 1.165) is 31.6 Å². The Kier molecular flexibility index (Phi) is 3.59. The Hall–Kier alpha value is -0.900. The van der Waals surface area contributed by atoms with Gasteiger partial charge in [-0.1, -0.05) is 25.1 Å². The number of fused-ring (bicyclic) bond motifs is 1. The first kappa shape index (κ1) is 11.6. The van der Waals surface area contributed by atoms with Crippen molar-refractivity contribution in [1.82, 2.24) is 4.90 Å². The van der Waals surface area contributed by atoms with Gasteiger partial charge in [0, 0.05) is 13.1 Å². The Morgan fingerprint density at radius 2 is 2.31 bits per heavy atom. The number of likely N-dealkylation sites (N-methyl/N-ethyl adjacent to an activating group) is 1. The molecule has 1 unspecified atom stereocenters. The van der Waals surface area contributed by atoms with Crippen molar-refractivity contribution in [2.24, 2.45) is 5.73 Å². The fourth-order valence-corrected chi connectivity index (χ4v) is 2.38. The molecule has 0 spiro atoms. The lowest BCUT2D eigenvalue weighted by atomic mass is 9.92. The molecule has 2 rings (SSSR count). The van der Waals surface area contributed by atoms with Gasteiger partial charge in [-0.25, -0.2) is 0 Å². The molecule has 3 N–H and O–H groups in total. The van der Waals surface area contributed by atoms with Gasteiger partial charge in [0.05, 0.1) is 12.6 Å². The summed E-state index contributed by atoms with van der Waals surface area (Å²) in [5, 5.41) is 9.17. The fourth-order valence-electron chi connectivity index (χ4n) is 2.38. The molecule has 1 atom stereocenters. The maximum atomic E-state index is 9.17. The highest BCUT2D eigenvalue weighted by atomic mass is 16.3. The molecule has 16 heavy (non-hydrogen) atoms. The van der Waals surface area contributed by atoms with Crippen LogP contribution < -0.4 is 5.73 Å². The molecule has 1 heterocycles. The highest BCUT2D eigenvalue weighted by Crippen LogP contribution is 2.25. The van der Waals surface area contributed by atoms with Crippen molar-refractivity contribution >= 4 is 0 Å². The highest BCUT2D eigenvalue weighted by Gasteiger charge is 2.19. The lowest BCUT2D eigenvalue weighted by Gasteiger charge is -2.30. The molecule has 3 nitrogen and oxygen atoms in total. The van der Waals surface area contributed by atoms with Crippen molar-refractivity contribution in [3.63, 3.8) is 0 Å². The molecule has 1 aromatic carbocycles. The van der Waals surface area contributed by atoms with Crippen molar-refractivity contribution in [3.05, 3.63) is 34.9 Å². The molecule has 0 saturated carbocycles. The topological polar surface area (TPSA) is 49.5 Å². The number of aliphatic hydroxyl groups excluding tert-OH is 1. The smallest absolute Gasteiger partial charge is 0.0624 e. The van der Waals surface area contributed by atoms with E-state index in [1.54, 1.807) is 0 Å². The predicted octanol–water partition coefficient (Wildman–Crippen LogP) is 1.06. The Morgan fingerprint density at radius 1 is 1.50 bits per heavy atom. The summed E-state index contributed by atoms with van der Waals surface area (Å²) in [4.78, 5) is 2.41. The second kappa shape index (κ2) is 4.95. The SMILES string of the molecule is CCN1CCc2cccc(C(N)CO)c2C1. The Labute approximate surface area is 96.9 Å². The van der Waals surface area contributed by atoms with E-state index < -0.39 is 0 Å². The molecular weight excluding hydrogens is 200 g/mol. The van der Waals surface area contributed by atoms with Gasteiger partial charge in [0.2, 0.25) is 0 Å². The van der Waals surface area contributed by atoms with Crippen LogP contribution in [0.1, 0.15) is 29.7 Å². The van der Waals surface area contributed by atoms with E-state index in [0.29, 0.717) is 0 Å². The minimum absolute atomic E-state index is 0.0164. The van der Waals surface area contributed by atoms with Crippen LogP contribution in [0.2, 0.25) is 0 Å². The van der Waals surface area contributed by atoms with Crippen LogP contribution in [-0.4, -0.2) is 29.7 Å². The van der Waals surface area contributed by atoms with Crippen LogP contribution in [0.15, 0.2) is 18.2 Å². The summed E-state index contributed by atoms with van der Waals surface area (Å²) in [5.74, 6) is 0. The zero-order valence-corrected chi connectivity index (χ0v) is 9.82. The molecule has 0 amide bonds. The maximum absolute atomic E-state index is 9.17. The first-order valence-electron chi connectivity index (χ1n) is 5.95. The number of aliphatic hydroxyl groups is 1. The third-order valence-electron chi connectivity index (χ3n) is 3.43. The molecule has 1 aliphatic heterocycles. The first-order chi connectivity index (χ1) is 7.76. The van der Waals surface area contributed by atoms with Crippen LogP contribution in [0.25, 0.3) is 0 Å². The third kappa shape index (κ3) is 2.12. The van der Waals surface area contributed by atoms with Gasteiger partial charge in [0.25, 0.3) is 0 Å². The van der Waals surface area contributed by atoms with Crippen molar-refractivity contribution in [1.29, 1.82) is 0 Å². The van der Waals surface area contributed by atoms with Gasteiger partial charge >= 0.3 is 0 Å². The molecule has 0 radical (unpaired) electrons. The number of hydrogen-bond donors (Lipinski definition) is 2. The second-order valence-corrected chi connectivity index (χ2v) is 4.39. The monoisotopic (exact) mass is 220 g/mol. The average molecular weight is 220 g/mol. The van der Waals surface area contributed by atoms with Gasteiger partial charge in [-0.3, -0.25) is 4.90 Å². The van der Waals surface area contributed by atoms with Crippen LogP contribution in [0.4, 0.5) is 0 Å². The third-order valence-corrected chi connectivity index (χ3v) is 3.43. The summed E-state index contributed by atoms with van der Waals surface area (Å²) in [5.41, 5.74) is 9.77. The van der Waals surface area contributed by atoms with Gasteiger partial charge in [-0.15, -0.1) is 0 Å². The number of nitrogens with two attached hydrogens (primary N) is 1. The quantitative estimate of drug-likeness (QED) is 0.800. The molecule has 0 bridgehead atoms. The Balaban J connectivity index is 2.34. The molecule has 1 aromatic rings. The number of hydrogen-bond acceptors (Lipinski definition) is 3. The minimum Gasteiger partial charge on any atom is -0.394 e. The van der Waals surface area contributed by atoms with Crippen molar-refractivity contribution in [2.75, 3.05) is 19.7 Å².